The van der Waals surface area contributed by atoms with Gasteiger partial charge in [0, 0.05) is 30.6 Å². The highest BCUT2D eigenvalue weighted by atomic mass is 32.2. The number of piperidine rings is 1. The van der Waals surface area contributed by atoms with Crippen LogP contribution in [0.4, 0.5) is 5.69 Å². The molecule has 2 heterocycles. The van der Waals surface area contributed by atoms with Crippen LogP contribution in [-0.2, 0) is 19.6 Å². The van der Waals surface area contributed by atoms with E-state index in [0.717, 1.165) is 17.7 Å². The van der Waals surface area contributed by atoms with Gasteiger partial charge in [-0.2, -0.15) is 4.31 Å². The van der Waals surface area contributed by atoms with Gasteiger partial charge >= 0.3 is 0 Å². The van der Waals surface area contributed by atoms with Crippen molar-refractivity contribution in [2.75, 3.05) is 18.4 Å². The van der Waals surface area contributed by atoms with Crippen LogP contribution in [0.15, 0.2) is 46.7 Å². The van der Waals surface area contributed by atoms with Crippen molar-refractivity contribution in [1.29, 1.82) is 0 Å². The van der Waals surface area contributed by atoms with Gasteiger partial charge in [-0.15, -0.1) is 11.3 Å². The van der Waals surface area contributed by atoms with Gasteiger partial charge in [-0.3, -0.25) is 9.59 Å². The number of sulfonamides is 1. The summed E-state index contributed by atoms with van der Waals surface area (Å²) in [5.74, 6) is -0.114. The predicted octanol–water partition coefficient (Wildman–Crippen LogP) is 3.37. The monoisotopic (exact) mass is 449 g/mol. The summed E-state index contributed by atoms with van der Waals surface area (Å²) in [4.78, 5) is 25.1. The number of hydrogen-bond donors (Lipinski definition) is 2. The molecule has 30 heavy (non-hydrogen) atoms. The van der Waals surface area contributed by atoms with E-state index in [0.29, 0.717) is 24.7 Å². The summed E-state index contributed by atoms with van der Waals surface area (Å²) < 4.78 is 27.2. The maximum atomic E-state index is 12.8. The van der Waals surface area contributed by atoms with Gasteiger partial charge in [-0.25, -0.2) is 8.42 Å². The molecule has 0 radical (unpaired) electrons. The fourth-order valence-corrected chi connectivity index (χ4v) is 5.96. The lowest BCUT2D eigenvalue weighted by atomic mass is 10.0. The molecule has 1 aromatic carbocycles. The maximum absolute atomic E-state index is 12.8. The molecule has 0 spiro atoms. The van der Waals surface area contributed by atoms with E-state index in [-0.39, 0.29) is 23.1 Å². The predicted molar refractivity (Wildman–Crippen MR) is 118 cm³/mol. The maximum Gasteiger partial charge on any atom is 0.243 e. The molecule has 1 aromatic heterocycles. The van der Waals surface area contributed by atoms with Gasteiger partial charge in [0.25, 0.3) is 0 Å². The van der Waals surface area contributed by atoms with Crippen molar-refractivity contribution in [3.05, 3.63) is 46.7 Å². The topological polar surface area (TPSA) is 95.6 Å². The number of amides is 2. The van der Waals surface area contributed by atoms with E-state index < -0.39 is 16.1 Å². The number of rotatable bonds is 7. The minimum Gasteiger partial charge on any atom is -0.348 e. The lowest BCUT2D eigenvalue weighted by Gasteiger charge is -2.30. The second-order valence-corrected chi connectivity index (χ2v) is 10.6. The largest absolute Gasteiger partial charge is 0.348 e. The third kappa shape index (κ3) is 5.68. The minimum atomic E-state index is -3.53. The van der Waals surface area contributed by atoms with Crippen molar-refractivity contribution < 1.29 is 18.0 Å². The smallest absolute Gasteiger partial charge is 0.243 e. The number of thiophene rings is 1. The number of benzene rings is 1. The number of carbonyl (C=O) groups is 2. The normalized spacial score (nSPS) is 18.5. The highest BCUT2D eigenvalue weighted by molar-refractivity contribution is 7.89. The van der Waals surface area contributed by atoms with Crippen molar-refractivity contribution in [3.8, 4) is 0 Å². The van der Waals surface area contributed by atoms with E-state index in [1.54, 1.807) is 12.1 Å². The molecule has 1 saturated heterocycles. The molecule has 1 fully saturated rings. The lowest BCUT2D eigenvalue weighted by Crippen LogP contribution is -2.39. The Balaban J connectivity index is 1.64. The third-order valence-corrected chi connectivity index (χ3v) is 7.91. The zero-order valence-corrected chi connectivity index (χ0v) is 18.8. The Morgan fingerprint density at radius 2 is 1.97 bits per heavy atom. The van der Waals surface area contributed by atoms with E-state index in [2.05, 4.69) is 17.6 Å². The summed E-state index contributed by atoms with van der Waals surface area (Å²) in [6, 6.07) is 9.58. The molecule has 1 aliphatic heterocycles. The molecule has 2 amide bonds. The van der Waals surface area contributed by atoms with Gasteiger partial charge in [0.05, 0.1) is 17.4 Å². The fraction of sp³-hybridized carbons (Fsp3) is 0.429. The van der Waals surface area contributed by atoms with Crippen LogP contribution in [0.1, 0.15) is 44.0 Å². The number of nitrogens with zero attached hydrogens (tertiary/aromatic N) is 1. The number of hydrogen-bond acceptors (Lipinski definition) is 5. The van der Waals surface area contributed by atoms with E-state index in [4.69, 9.17) is 0 Å². The minimum absolute atomic E-state index is 0.0891. The zero-order chi connectivity index (χ0) is 21.7. The first-order valence-corrected chi connectivity index (χ1v) is 12.3. The molecule has 2 aromatic rings. The molecule has 0 unspecified atom stereocenters. The molecule has 2 N–H and O–H groups in total. The van der Waals surface area contributed by atoms with Gasteiger partial charge in [0.15, 0.2) is 0 Å². The number of carbonyl (C=O) groups excluding carboxylic acids is 2. The van der Waals surface area contributed by atoms with Gasteiger partial charge < -0.3 is 10.6 Å². The van der Waals surface area contributed by atoms with Gasteiger partial charge in [-0.1, -0.05) is 13.0 Å². The van der Waals surface area contributed by atoms with Crippen LogP contribution in [0, 0.1) is 5.92 Å². The molecule has 9 heteroatoms. The summed E-state index contributed by atoms with van der Waals surface area (Å²) in [5.41, 5.74) is 0.513. The molecule has 0 saturated carbocycles. The van der Waals surface area contributed by atoms with Gasteiger partial charge in [0.1, 0.15) is 0 Å². The summed E-state index contributed by atoms with van der Waals surface area (Å²) in [7, 11) is -3.53. The molecule has 0 aliphatic carbocycles. The van der Waals surface area contributed by atoms with Crippen molar-refractivity contribution in [2.45, 2.75) is 44.0 Å². The van der Waals surface area contributed by atoms with Crippen LogP contribution in [-0.4, -0.2) is 37.6 Å². The average molecular weight is 450 g/mol. The summed E-state index contributed by atoms with van der Waals surface area (Å²) in [6.07, 6.45) is 2.00. The first kappa shape index (κ1) is 22.5. The number of anilines is 1. The second kappa shape index (κ2) is 9.72. The van der Waals surface area contributed by atoms with Crippen LogP contribution in [0.2, 0.25) is 0 Å². The Bertz CT molecular complexity index is 972. The van der Waals surface area contributed by atoms with Gasteiger partial charge in [0.2, 0.25) is 21.8 Å². The van der Waals surface area contributed by atoms with Gasteiger partial charge in [-0.05, 0) is 54.5 Å². The second-order valence-electron chi connectivity index (χ2n) is 7.66. The van der Waals surface area contributed by atoms with Crippen molar-refractivity contribution in [3.63, 3.8) is 0 Å². The Labute approximate surface area is 181 Å². The summed E-state index contributed by atoms with van der Waals surface area (Å²) in [6.45, 7) is 4.55. The molecule has 1 aliphatic rings. The summed E-state index contributed by atoms with van der Waals surface area (Å²) in [5, 5.41) is 7.47. The van der Waals surface area contributed by atoms with E-state index >= 15 is 0 Å². The molecule has 0 bridgehead atoms. The van der Waals surface area contributed by atoms with Crippen LogP contribution < -0.4 is 10.6 Å². The van der Waals surface area contributed by atoms with Crippen molar-refractivity contribution in [1.82, 2.24) is 9.62 Å². The molecule has 2 atom stereocenters. The average Bonchev–Trinajstić information content (AvgIpc) is 3.22. The van der Waals surface area contributed by atoms with Crippen molar-refractivity contribution in [2.24, 2.45) is 5.92 Å². The Hall–Kier alpha value is -2.23. The number of nitrogens with one attached hydrogen (secondary N) is 2. The zero-order valence-electron chi connectivity index (χ0n) is 17.1. The first-order valence-electron chi connectivity index (χ1n) is 9.96. The third-order valence-electron chi connectivity index (χ3n) is 5.05. The Kier molecular flexibility index (Phi) is 7.27. The van der Waals surface area contributed by atoms with E-state index in [1.807, 2.05) is 17.5 Å². The molecule has 7 nitrogen and oxygen atoms in total. The highest BCUT2D eigenvalue weighted by Gasteiger charge is 2.28. The lowest BCUT2D eigenvalue weighted by molar-refractivity contribution is -0.120. The molecular formula is C21H27N3O4S2. The first-order chi connectivity index (χ1) is 14.3. The van der Waals surface area contributed by atoms with Crippen LogP contribution in [0.3, 0.4) is 0 Å². The van der Waals surface area contributed by atoms with E-state index in [1.165, 1.54) is 34.7 Å². The molecular weight excluding hydrogens is 422 g/mol. The SMILES string of the molecule is CC(=O)N[C@@H](CC(=O)Nc1ccc(S(=O)(=O)N2CCC[C@H](C)C2)cc1)c1cccs1. The van der Waals surface area contributed by atoms with Crippen LogP contribution >= 0.6 is 11.3 Å². The molecule has 3 rings (SSSR count). The van der Waals surface area contributed by atoms with E-state index in [9.17, 15) is 18.0 Å². The standard InChI is InChI=1S/C21H27N3O4S2/c1-15-5-3-11-24(14-15)30(27,28)18-9-7-17(8-10-18)23-21(26)13-19(22-16(2)25)20-6-4-12-29-20/h4,6-10,12,15,19H,3,5,11,13-14H2,1-2H3,(H,22,25)(H,23,26)/t15-,19-/m0/s1. The van der Waals surface area contributed by atoms with Crippen molar-refractivity contribution >= 4 is 38.9 Å². The Morgan fingerprint density at radius 1 is 1.23 bits per heavy atom. The van der Waals surface area contributed by atoms with Crippen LogP contribution in [0.5, 0.6) is 0 Å². The fourth-order valence-electron chi connectivity index (χ4n) is 3.58. The van der Waals surface area contributed by atoms with Crippen LogP contribution in [0.25, 0.3) is 0 Å². The Morgan fingerprint density at radius 3 is 2.57 bits per heavy atom. The molecule has 162 valence electrons. The highest BCUT2D eigenvalue weighted by Crippen LogP contribution is 2.25. The quantitative estimate of drug-likeness (QED) is 0.677. The summed E-state index contributed by atoms with van der Waals surface area (Å²) >= 11 is 1.47.